The molecule has 0 saturated carbocycles. The Morgan fingerprint density at radius 1 is 1.70 bits per heavy atom. The molecule has 52 valence electrons. The number of hydrogen-bond donors (Lipinski definition) is 0. The number of halogens is 1. The molecule has 2 nitrogen and oxygen atoms in total. The summed E-state index contributed by atoms with van der Waals surface area (Å²) in [4.78, 5) is 5.42. The van der Waals surface area contributed by atoms with Gasteiger partial charge in [0, 0.05) is 11.6 Å². The highest BCUT2D eigenvalue weighted by Crippen LogP contribution is 2.22. The minimum atomic E-state index is 0.944. The summed E-state index contributed by atoms with van der Waals surface area (Å²) >= 11 is 5.06. The molecule has 2 aromatic heterocycles. The van der Waals surface area contributed by atoms with Crippen molar-refractivity contribution < 1.29 is 0 Å². The van der Waals surface area contributed by atoms with Crippen molar-refractivity contribution in [2.75, 3.05) is 0 Å². The maximum absolute atomic E-state index is 4.24. The maximum atomic E-state index is 4.24. The standard InChI is InChI=1S/C6H5BrN2S/c1-4-8-5(7)6-9(4)2-3-10-6/h2-3H,1H3. The van der Waals surface area contributed by atoms with Crippen molar-refractivity contribution in [1.82, 2.24) is 9.38 Å². The average molecular weight is 217 g/mol. The topological polar surface area (TPSA) is 17.3 Å². The summed E-state index contributed by atoms with van der Waals surface area (Å²) in [5.41, 5.74) is 0. The van der Waals surface area contributed by atoms with Gasteiger partial charge in [0.25, 0.3) is 0 Å². The van der Waals surface area contributed by atoms with Gasteiger partial charge in [-0.2, -0.15) is 0 Å². The molecule has 0 N–H and O–H groups in total. The number of rotatable bonds is 0. The summed E-state index contributed by atoms with van der Waals surface area (Å²) in [7, 11) is 0. The van der Waals surface area contributed by atoms with Crippen LogP contribution in [0.2, 0.25) is 0 Å². The van der Waals surface area contributed by atoms with Crippen molar-refractivity contribution in [3.63, 3.8) is 0 Å². The van der Waals surface area contributed by atoms with Crippen molar-refractivity contribution in [3.8, 4) is 0 Å². The summed E-state index contributed by atoms with van der Waals surface area (Å²) in [5.74, 6) is 1.03. The van der Waals surface area contributed by atoms with Crippen LogP contribution in [0.15, 0.2) is 16.2 Å². The van der Waals surface area contributed by atoms with E-state index in [9.17, 15) is 0 Å². The Kier molecular flexibility index (Phi) is 1.32. The lowest BCUT2D eigenvalue weighted by Gasteiger charge is -1.81. The van der Waals surface area contributed by atoms with Crippen LogP contribution in [0, 0.1) is 6.92 Å². The molecule has 2 heterocycles. The second-order valence-corrected chi connectivity index (χ2v) is 3.67. The third-order valence-corrected chi connectivity index (χ3v) is 3.08. The van der Waals surface area contributed by atoms with E-state index in [0.29, 0.717) is 0 Å². The molecule has 0 unspecified atom stereocenters. The number of hydrogen-bond acceptors (Lipinski definition) is 2. The van der Waals surface area contributed by atoms with Crippen molar-refractivity contribution in [2.24, 2.45) is 0 Å². The molecule has 2 rings (SSSR count). The van der Waals surface area contributed by atoms with E-state index in [1.54, 1.807) is 11.3 Å². The largest absolute Gasteiger partial charge is 0.294 e. The number of aryl methyl sites for hydroxylation is 1. The molecule has 0 aliphatic rings. The number of aromatic nitrogens is 2. The van der Waals surface area contributed by atoms with Crippen LogP contribution in [0.5, 0.6) is 0 Å². The molecule has 2 aromatic rings. The number of imidazole rings is 1. The van der Waals surface area contributed by atoms with E-state index in [1.165, 1.54) is 4.83 Å². The number of thiazole rings is 1. The average Bonchev–Trinajstić information content (AvgIpc) is 2.39. The highest BCUT2D eigenvalue weighted by Gasteiger charge is 2.04. The lowest BCUT2D eigenvalue weighted by atomic mass is 10.7. The maximum Gasteiger partial charge on any atom is 0.142 e. The normalized spacial score (nSPS) is 11.0. The van der Waals surface area contributed by atoms with Crippen LogP contribution in [-0.4, -0.2) is 9.38 Å². The Hall–Kier alpha value is -0.350. The van der Waals surface area contributed by atoms with Gasteiger partial charge >= 0.3 is 0 Å². The Balaban J connectivity index is 2.98. The van der Waals surface area contributed by atoms with Gasteiger partial charge in [-0.25, -0.2) is 4.98 Å². The first-order chi connectivity index (χ1) is 4.79. The van der Waals surface area contributed by atoms with Crippen molar-refractivity contribution in [2.45, 2.75) is 6.92 Å². The Morgan fingerprint density at radius 2 is 2.50 bits per heavy atom. The predicted octanol–water partition coefficient (Wildman–Crippen LogP) is 2.47. The quantitative estimate of drug-likeness (QED) is 0.662. The fourth-order valence-electron chi connectivity index (χ4n) is 0.927. The Bertz CT molecular complexity index is 331. The van der Waals surface area contributed by atoms with E-state index >= 15 is 0 Å². The molecule has 0 radical (unpaired) electrons. The molecule has 0 saturated heterocycles. The third-order valence-electron chi connectivity index (χ3n) is 1.39. The smallest absolute Gasteiger partial charge is 0.142 e. The first-order valence-electron chi connectivity index (χ1n) is 2.86. The van der Waals surface area contributed by atoms with Crippen LogP contribution in [0.4, 0.5) is 0 Å². The molecule has 0 aliphatic carbocycles. The molecule has 0 atom stereocenters. The van der Waals surface area contributed by atoms with Gasteiger partial charge in [0.2, 0.25) is 0 Å². The molecule has 4 heteroatoms. The molecule has 0 aromatic carbocycles. The molecule has 0 bridgehead atoms. The van der Waals surface area contributed by atoms with Crippen LogP contribution in [-0.2, 0) is 0 Å². The zero-order valence-corrected chi connectivity index (χ0v) is 7.74. The van der Waals surface area contributed by atoms with Gasteiger partial charge in [-0.05, 0) is 22.9 Å². The van der Waals surface area contributed by atoms with Gasteiger partial charge in [0.15, 0.2) is 0 Å². The lowest BCUT2D eigenvalue weighted by Crippen LogP contribution is -1.79. The summed E-state index contributed by atoms with van der Waals surface area (Å²) < 4.78 is 3.01. The molecule has 0 aliphatic heterocycles. The minimum absolute atomic E-state index is 0.944. The Labute approximate surface area is 70.6 Å². The van der Waals surface area contributed by atoms with Crippen LogP contribution in [0.1, 0.15) is 5.82 Å². The van der Waals surface area contributed by atoms with Crippen molar-refractivity contribution in [3.05, 3.63) is 22.0 Å². The minimum Gasteiger partial charge on any atom is -0.294 e. The fourth-order valence-corrected chi connectivity index (χ4v) is 2.42. The third kappa shape index (κ3) is 0.722. The van der Waals surface area contributed by atoms with Crippen molar-refractivity contribution in [1.29, 1.82) is 0 Å². The number of fused-ring (bicyclic) bond motifs is 1. The summed E-state index contributed by atoms with van der Waals surface area (Å²) in [5, 5.41) is 2.05. The zero-order valence-electron chi connectivity index (χ0n) is 5.34. The molecule has 0 fully saturated rings. The molecule has 10 heavy (non-hydrogen) atoms. The van der Waals surface area contributed by atoms with E-state index < -0.39 is 0 Å². The van der Waals surface area contributed by atoms with Crippen LogP contribution in [0.3, 0.4) is 0 Å². The second-order valence-electron chi connectivity index (χ2n) is 2.03. The molecule has 0 spiro atoms. The fraction of sp³-hybridized carbons (Fsp3) is 0.167. The molecular formula is C6H5BrN2S. The van der Waals surface area contributed by atoms with E-state index in [4.69, 9.17) is 0 Å². The number of nitrogens with zero attached hydrogens (tertiary/aromatic N) is 2. The molecular weight excluding hydrogens is 212 g/mol. The summed E-state index contributed by atoms with van der Waals surface area (Å²) in [6, 6.07) is 0. The van der Waals surface area contributed by atoms with E-state index in [2.05, 4.69) is 30.7 Å². The summed E-state index contributed by atoms with van der Waals surface area (Å²) in [6.45, 7) is 1.99. The highest BCUT2D eigenvalue weighted by molar-refractivity contribution is 9.10. The van der Waals surface area contributed by atoms with Crippen LogP contribution >= 0.6 is 27.3 Å². The van der Waals surface area contributed by atoms with Crippen LogP contribution < -0.4 is 0 Å². The lowest BCUT2D eigenvalue weighted by molar-refractivity contribution is 1.05. The monoisotopic (exact) mass is 216 g/mol. The van der Waals surface area contributed by atoms with Gasteiger partial charge in [-0.3, -0.25) is 4.40 Å². The zero-order chi connectivity index (χ0) is 7.14. The van der Waals surface area contributed by atoms with Gasteiger partial charge < -0.3 is 0 Å². The van der Waals surface area contributed by atoms with Gasteiger partial charge in [0.05, 0.1) is 0 Å². The van der Waals surface area contributed by atoms with E-state index in [-0.39, 0.29) is 0 Å². The van der Waals surface area contributed by atoms with E-state index in [1.807, 2.05) is 13.1 Å². The molecule has 0 amide bonds. The van der Waals surface area contributed by atoms with Gasteiger partial charge in [-0.1, -0.05) is 0 Å². The van der Waals surface area contributed by atoms with Gasteiger partial charge in [-0.15, -0.1) is 11.3 Å². The Morgan fingerprint density at radius 3 is 3.20 bits per heavy atom. The SMILES string of the molecule is Cc1nc(Br)c2sccn12. The van der Waals surface area contributed by atoms with Crippen molar-refractivity contribution >= 4 is 32.1 Å². The van der Waals surface area contributed by atoms with E-state index in [0.717, 1.165) is 10.4 Å². The summed E-state index contributed by atoms with van der Waals surface area (Å²) in [6.07, 6.45) is 2.02. The second kappa shape index (κ2) is 2.07. The predicted molar refractivity (Wildman–Crippen MR) is 45.5 cm³/mol. The first-order valence-corrected chi connectivity index (χ1v) is 4.54. The van der Waals surface area contributed by atoms with Gasteiger partial charge in [0.1, 0.15) is 15.3 Å². The first kappa shape index (κ1) is 6.37. The van der Waals surface area contributed by atoms with Crippen LogP contribution in [0.25, 0.3) is 4.83 Å². The highest BCUT2D eigenvalue weighted by atomic mass is 79.9.